The molecule has 1 amide bonds. The fourth-order valence-corrected chi connectivity index (χ4v) is 3.07. The number of hydrogen-bond acceptors (Lipinski definition) is 2. The quantitative estimate of drug-likeness (QED) is 0.605. The van der Waals surface area contributed by atoms with Crippen molar-refractivity contribution in [3.05, 3.63) is 55.4 Å². The van der Waals surface area contributed by atoms with E-state index in [1.165, 1.54) is 0 Å². The summed E-state index contributed by atoms with van der Waals surface area (Å²) in [5.74, 6) is 0.299. The lowest BCUT2D eigenvalue weighted by molar-refractivity contribution is -0.122. The number of halogens is 4. The first-order chi connectivity index (χ1) is 10.4. The molecule has 0 bridgehead atoms. The molecule has 0 aliphatic heterocycles. The Bertz CT molecular complexity index is 710. The minimum Gasteiger partial charge on any atom is -0.480 e. The average molecular weight is 468 g/mol. The van der Waals surface area contributed by atoms with Crippen LogP contribution in [0.4, 0.5) is 5.69 Å². The van der Waals surface area contributed by atoms with Crippen LogP contribution in [0.2, 0.25) is 10.0 Å². The SMILES string of the molecule is C[C@H](Oc1ccc(Br)cc1Br)C(=O)Nc1ccc(Cl)c(Cl)c1. The Balaban J connectivity index is 2.04. The number of carbonyl (C=O) groups excluding carboxylic acids is 1. The Kier molecular flexibility index (Phi) is 6.15. The molecule has 0 heterocycles. The normalized spacial score (nSPS) is 11.9. The molecule has 0 unspecified atom stereocenters. The van der Waals surface area contributed by atoms with Crippen molar-refractivity contribution in [1.29, 1.82) is 0 Å². The van der Waals surface area contributed by atoms with Gasteiger partial charge in [0, 0.05) is 10.2 Å². The van der Waals surface area contributed by atoms with E-state index in [1.54, 1.807) is 31.2 Å². The predicted molar refractivity (Wildman–Crippen MR) is 97.0 cm³/mol. The zero-order valence-corrected chi connectivity index (χ0v) is 16.1. The molecule has 0 aliphatic carbocycles. The van der Waals surface area contributed by atoms with Gasteiger partial charge in [-0.3, -0.25) is 4.79 Å². The molecule has 0 saturated carbocycles. The van der Waals surface area contributed by atoms with Gasteiger partial charge in [-0.2, -0.15) is 0 Å². The van der Waals surface area contributed by atoms with E-state index in [0.717, 1.165) is 8.95 Å². The van der Waals surface area contributed by atoms with Gasteiger partial charge >= 0.3 is 0 Å². The Morgan fingerprint density at radius 3 is 2.50 bits per heavy atom. The van der Waals surface area contributed by atoms with E-state index < -0.39 is 6.10 Å². The molecular formula is C15H11Br2Cl2NO2. The number of ether oxygens (including phenoxy) is 1. The summed E-state index contributed by atoms with van der Waals surface area (Å²) in [7, 11) is 0. The van der Waals surface area contributed by atoms with Crippen molar-refractivity contribution in [3.8, 4) is 5.75 Å². The molecule has 2 aromatic rings. The van der Waals surface area contributed by atoms with Crippen LogP contribution in [-0.2, 0) is 4.79 Å². The number of anilines is 1. The van der Waals surface area contributed by atoms with Crippen molar-refractivity contribution in [2.24, 2.45) is 0 Å². The molecule has 0 spiro atoms. The third-order valence-electron chi connectivity index (χ3n) is 2.75. The second-order valence-corrected chi connectivity index (χ2v) is 7.04. The van der Waals surface area contributed by atoms with Gasteiger partial charge in [-0.25, -0.2) is 0 Å². The predicted octanol–water partition coefficient (Wildman–Crippen LogP) is 5.92. The summed E-state index contributed by atoms with van der Waals surface area (Å²) >= 11 is 18.5. The Morgan fingerprint density at radius 2 is 1.86 bits per heavy atom. The Labute approximate surface area is 155 Å². The highest BCUT2D eigenvalue weighted by molar-refractivity contribution is 9.11. The number of nitrogens with one attached hydrogen (secondary N) is 1. The van der Waals surface area contributed by atoms with Crippen LogP contribution in [0, 0.1) is 0 Å². The molecule has 2 rings (SSSR count). The minimum absolute atomic E-state index is 0.284. The van der Waals surface area contributed by atoms with Crippen molar-refractivity contribution in [1.82, 2.24) is 0 Å². The van der Waals surface area contributed by atoms with Gasteiger partial charge < -0.3 is 10.1 Å². The number of benzene rings is 2. The first-order valence-corrected chi connectivity index (χ1v) is 8.58. The van der Waals surface area contributed by atoms with Crippen LogP contribution < -0.4 is 10.1 Å². The van der Waals surface area contributed by atoms with Gasteiger partial charge in [0.15, 0.2) is 6.10 Å². The second kappa shape index (κ2) is 7.68. The summed E-state index contributed by atoms with van der Waals surface area (Å²) in [6.07, 6.45) is -0.674. The van der Waals surface area contributed by atoms with Gasteiger partial charge in [-0.15, -0.1) is 0 Å². The monoisotopic (exact) mass is 465 g/mol. The maximum atomic E-state index is 12.2. The maximum absolute atomic E-state index is 12.2. The zero-order valence-electron chi connectivity index (χ0n) is 11.4. The lowest BCUT2D eigenvalue weighted by Gasteiger charge is -2.16. The lowest BCUT2D eigenvalue weighted by atomic mass is 10.3. The molecule has 3 nitrogen and oxygen atoms in total. The van der Waals surface area contributed by atoms with Crippen LogP contribution in [0.25, 0.3) is 0 Å². The highest BCUT2D eigenvalue weighted by Gasteiger charge is 2.16. The van der Waals surface area contributed by atoms with E-state index in [4.69, 9.17) is 27.9 Å². The van der Waals surface area contributed by atoms with Crippen molar-refractivity contribution in [2.75, 3.05) is 5.32 Å². The summed E-state index contributed by atoms with van der Waals surface area (Å²) in [6.45, 7) is 1.67. The smallest absolute Gasteiger partial charge is 0.265 e. The number of rotatable bonds is 4. The fraction of sp³-hybridized carbons (Fsp3) is 0.133. The van der Waals surface area contributed by atoms with Crippen molar-refractivity contribution < 1.29 is 9.53 Å². The molecule has 0 radical (unpaired) electrons. The third-order valence-corrected chi connectivity index (χ3v) is 4.61. The third kappa shape index (κ3) is 4.62. The topological polar surface area (TPSA) is 38.3 Å². The van der Waals surface area contributed by atoms with Crippen LogP contribution in [0.3, 0.4) is 0 Å². The van der Waals surface area contributed by atoms with Crippen molar-refractivity contribution in [3.63, 3.8) is 0 Å². The van der Waals surface area contributed by atoms with Gasteiger partial charge in [0.25, 0.3) is 5.91 Å². The molecule has 0 saturated heterocycles. The Morgan fingerprint density at radius 1 is 1.14 bits per heavy atom. The van der Waals surface area contributed by atoms with Crippen LogP contribution in [0.5, 0.6) is 5.75 Å². The average Bonchev–Trinajstić information content (AvgIpc) is 2.45. The van der Waals surface area contributed by atoms with Crippen LogP contribution in [0.1, 0.15) is 6.92 Å². The number of hydrogen-bond donors (Lipinski definition) is 1. The van der Waals surface area contributed by atoms with Crippen LogP contribution in [0.15, 0.2) is 45.3 Å². The van der Waals surface area contributed by atoms with E-state index in [2.05, 4.69) is 37.2 Å². The standard InChI is InChI=1S/C15H11Br2Cl2NO2/c1-8(22-14-5-2-9(16)6-11(14)17)15(21)20-10-3-4-12(18)13(19)7-10/h2-8H,1H3,(H,20,21)/t8-/m0/s1. The first kappa shape index (κ1) is 17.6. The highest BCUT2D eigenvalue weighted by atomic mass is 79.9. The van der Waals surface area contributed by atoms with Gasteiger partial charge in [0.2, 0.25) is 0 Å². The molecule has 22 heavy (non-hydrogen) atoms. The molecule has 2 aromatic carbocycles. The summed E-state index contributed by atoms with van der Waals surface area (Å²) in [4.78, 5) is 12.2. The molecule has 1 atom stereocenters. The van der Waals surface area contributed by atoms with E-state index >= 15 is 0 Å². The second-order valence-electron chi connectivity index (χ2n) is 4.45. The lowest BCUT2D eigenvalue weighted by Crippen LogP contribution is -2.30. The van der Waals surface area contributed by atoms with Gasteiger partial charge in [-0.1, -0.05) is 39.1 Å². The maximum Gasteiger partial charge on any atom is 0.265 e. The van der Waals surface area contributed by atoms with Crippen molar-refractivity contribution in [2.45, 2.75) is 13.0 Å². The summed E-state index contributed by atoms with van der Waals surface area (Å²) in [5, 5.41) is 3.54. The fourth-order valence-electron chi connectivity index (χ4n) is 1.63. The van der Waals surface area contributed by atoms with Gasteiger partial charge in [0.05, 0.1) is 14.5 Å². The molecule has 7 heteroatoms. The molecule has 0 fully saturated rings. The highest BCUT2D eigenvalue weighted by Crippen LogP contribution is 2.29. The molecule has 0 aliphatic rings. The molecular weight excluding hydrogens is 457 g/mol. The zero-order chi connectivity index (χ0) is 16.3. The number of carbonyl (C=O) groups is 1. The van der Waals surface area contributed by atoms with E-state index in [0.29, 0.717) is 21.5 Å². The summed E-state index contributed by atoms with van der Waals surface area (Å²) < 4.78 is 7.33. The van der Waals surface area contributed by atoms with Crippen LogP contribution in [-0.4, -0.2) is 12.0 Å². The molecule has 116 valence electrons. The van der Waals surface area contributed by atoms with E-state index in [1.807, 2.05) is 12.1 Å². The van der Waals surface area contributed by atoms with Gasteiger partial charge in [0.1, 0.15) is 5.75 Å². The Hall–Kier alpha value is -0.750. The van der Waals surface area contributed by atoms with Gasteiger partial charge in [-0.05, 0) is 59.3 Å². The minimum atomic E-state index is -0.674. The summed E-state index contributed by atoms with van der Waals surface area (Å²) in [5.41, 5.74) is 0.560. The van der Waals surface area contributed by atoms with Crippen molar-refractivity contribution >= 4 is 66.7 Å². The molecule has 0 aromatic heterocycles. The largest absolute Gasteiger partial charge is 0.480 e. The first-order valence-electron chi connectivity index (χ1n) is 6.24. The van der Waals surface area contributed by atoms with Crippen LogP contribution >= 0.6 is 55.1 Å². The van der Waals surface area contributed by atoms with E-state index in [-0.39, 0.29) is 5.91 Å². The van der Waals surface area contributed by atoms with E-state index in [9.17, 15) is 4.79 Å². The number of amides is 1. The summed E-state index contributed by atoms with van der Waals surface area (Å²) in [6, 6.07) is 10.3. The molecule has 1 N–H and O–H groups in total.